The Kier molecular flexibility index (Phi) is 6.44. The number of para-hydroxylation sites is 1. The maximum Gasteiger partial charge on any atom is 0.331 e. The minimum absolute atomic E-state index is 0.0168. The van der Waals surface area contributed by atoms with E-state index in [2.05, 4.69) is 5.32 Å². The van der Waals surface area contributed by atoms with E-state index < -0.39 is 23.4 Å². The second kappa shape index (κ2) is 8.78. The number of esters is 1. The van der Waals surface area contributed by atoms with Crippen LogP contribution in [-0.4, -0.2) is 42.7 Å². The van der Waals surface area contributed by atoms with Gasteiger partial charge in [-0.1, -0.05) is 12.1 Å². The zero-order valence-electron chi connectivity index (χ0n) is 13.0. The Morgan fingerprint density at radius 3 is 2.92 bits per heavy atom. The van der Waals surface area contributed by atoms with Crippen LogP contribution in [-0.2, 0) is 19.1 Å². The van der Waals surface area contributed by atoms with Gasteiger partial charge in [-0.3, -0.25) is 14.9 Å². The summed E-state index contributed by atoms with van der Waals surface area (Å²) in [5.74, 6) is -1.17. The van der Waals surface area contributed by atoms with Gasteiger partial charge in [-0.05, 0) is 25.0 Å². The zero-order valence-corrected chi connectivity index (χ0v) is 13.0. The van der Waals surface area contributed by atoms with Gasteiger partial charge in [0.2, 0.25) is 0 Å². The number of carbonyl (C=O) groups is 2. The first-order valence-corrected chi connectivity index (χ1v) is 7.53. The van der Waals surface area contributed by atoms with Crippen molar-refractivity contribution >= 4 is 23.6 Å². The molecule has 0 aliphatic carbocycles. The summed E-state index contributed by atoms with van der Waals surface area (Å²) in [4.78, 5) is 33.5. The molecule has 2 rings (SSSR count). The zero-order chi connectivity index (χ0) is 17.4. The van der Waals surface area contributed by atoms with Crippen LogP contribution >= 0.6 is 0 Å². The van der Waals surface area contributed by atoms with Crippen LogP contribution in [0.1, 0.15) is 18.4 Å². The number of rotatable bonds is 7. The topological polar surface area (TPSA) is 108 Å². The minimum atomic E-state index is -0.750. The predicted molar refractivity (Wildman–Crippen MR) is 85.1 cm³/mol. The fraction of sp³-hybridized carbons (Fsp3) is 0.375. The molecule has 1 heterocycles. The molecule has 8 heteroatoms. The molecule has 1 N–H and O–H groups in total. The molecule has 1 amide bonds. The van der Waals surface area contributed by atoms with E-state index >= 15 is 0 Å². The van der Waals surface area contributed by atoms with Gasteiger partial charge < -0.3 is 14.8 Å². The van der Waals surface area contributed by atoms with Crippen LogP contribution in [0.4, 0.5) is 5.69 Å². The van der Waals surface area contributed by atoms with E-state index in [1.807, 2.05) is 0 Å². The number of nitro groups is 1. The van der Waals surface area contributed by atoms with Crippen molar-refractivity contribution in [3.63, 3.8) is 0 Å². The average molecular weight is 334 g/mol. The molecule has 0 saturated carbocycles. The highest BCUT2D eigenvalue weighted by molar-refractivity contribution is 5.89. The number of nitrogens with zero attached hydrogens (tertiary/aromatic N) is 1. The van der Waals surface area contributed by atoms with Gasteiger partial charge in [0.05, 0.1) is 16.6 Å². The average Bonchev–Trinajstić information content (AvgIpc) is 3.10. The summed E-state index contributed by atoms with van der Waals surface area (Å²) in [5, 5.41) is 13.5. The Balaban J connectivity index is 1.76. The van der Waals surface area contributed by atoms with Crippen molar-refractivity contribution < 1.29 is 24.0 Å². The van der Waals surface area contributed by atoms with Crippen molar-refractivity contribution in [2.75, 3.05) is 19.8 Å². The second-order valence-corrected chi connectivity index (χ2v) is 5.20. The summed E-state index contributed by atoms with van der Waals surface area (Å²) in [6.07, 6.45) is 4.23. The summed E-state index contributed by atoms with van der Waals surface area (Å²) < 4.78 is 10.2. The lowest BCUT2D eigenvalue weighted by molar-refractivity contribution is -0.385. The lowest BCUT2D eigenvalue weighted by Crippen LogP contribution is -2.34. The van der Waals surface area contributed by atoms with Crippen LogP contribution in [0.2, 0.25) is 0 Å². The third-order valence-corrected chi connectivity index (χ3v) is 3.43. The third-order valence-electron chi connectivity index (χ3n) is 3.43. The van der Waals surface area contributed by atoms with Crippen LogP contribution in [0.3, 0.4) is 0 Å². The SMILES string of the molecule is O=C(COC(=O)/C=C/c1ccccc1[N+](=O)[O-])NCC1CCCO1. The highest BCUT2D eigenvalue weighted by atomic mass is 16.6. The fourth-order valence-electron chi connectivity index (χ4n) is 2.22. The minimum Gasteiger partial charge on any atom is -0.452 e. The fourth-order valence-corrected chi connectivity index (χ4v) is 2.22. The van der Waals surface area contributed by atoms with E-state index in [0.717, 1.165) is 18.9 Å². The van der Waals surface area contributed by atoms with Gasteiger partial charge in [0.1, 0.15) is 0 Å². The lowest BCUT2D eigenvalue weighted by atomic mass is 10.1. The van der Waals surface area contributed by atoms with Crippen LogP contribution in [0.15, 0.2) is 30.3 Å². The highest BCUT2D eigenvalue weighted by Crippen LogP contribution is 2.18. The number of hydrogen-bond acceptors (Lipinski definition) is 6. The van der Waals surface area contributed by atoms with E-state index in [1.165, 1.54) is 24.3 Å². The number of nitro benzene ring substituents is 1. The van der Waals surface area contributed by atoms with Crippen molar-refractivity contribution in [2.24, 2.45) is 0 Å². The quantitative estimate of drug-likeness (QED) is 0.350. The van der Waals surface area contributed by atoms with E-state index in [-0.39, 0.29) is 17.4 Å². The van der Waals surface area contributed by atoms with E-state index in [9.17, 15) is 19.7 Å². The molecule has 1 aromatic carbocycles. The number of nitrogens with one attached hydrogen (secondary N) is 1. The van der Waals surface area contributed by atoms with Gasteiger partial charge >= 0.3 is 5.97 Å². The van der Waals surface area contributed by atoms with Crippen LogP contribution in [0.5, 0.6) is 0 Å². The maximum atomic E-state index is 11.6. The van der Waals surface area contributed by atoms with Crippen LogP contribution < -0.4 is 5.32 Å². The molecule has 1 aliphatic rings. The van der Waals surface area contributed by atoms with Gasteiger partial charge in [-0.15, -0.1) is 0 Å². The monoisotopic (exact) mass is 334 g/mol. The first-order valence-electron chi connectivity index (χ1n) is 7.53. The largest absolute Gasteiger partial charge is 0.452 e. The molecule has 0 bridgehead atoms. The Morgan fingerprint density at radius 2 is 2.21 bits per heavy atom. The molecule has 1 aliphatic heterocycles. The summed E-state index contributed by atoms with van der Waals surface area (Å²) in [6, 6.07) is 6.00. The molecule has 24 heavy (non-hydrogen) atoms. The number of hydrogen-bond donors (Lipinski definition) is 1. The Hall–Kier alpha value is -2.74. The Labute approximate surface area is 138 Å². The Bertz CT molecular complexity index is 637. The van der Waals surface area contributed by atoms with Crippen molar-refractivity contribution in [1.29, 1.82) is 0 Å². The van der Waals surface area contributed by atoms with Crippen molar-refractivity contribution in [1.82, 2.24) is 5.32 Å². The number of ether oxygens (including phenoxy) is 2. The molecule has 1 aromatic rings. The van der Waals surface area contributed by atoms with Crippen molar-refractivity contribution in [2.45, 2.75) is 18.9 Å². The second-order valence-electron chi connectivity index (χ2n) is 5.20. The lowest BCUT2D eigenvalue weighted by Gasteiger charge is -2.10. The molecule has 1 atom stereocenters. The van der Waals surface area contributed by atoms with Gasteiger partial charge in [-0.25, -0.2) is 4.79 Å². The number of benzene rings is 1. The molecule has 0 aromatic heterocycles. The maximum absolute atomic E-state index is 11.6. The van der Waals surface area contributed by atoms with Crippen LogP contribution in [0.25, 0.3) is 6.08 Å². The summed E-state index contributed by atoms with van der Waals surface area (Å²) >= 11 is 0. The summed E-state index contributed by atoms with van der Waals surface area (Å²) in [5.41, 5.74) is 0.165. The highest BCUT2D eigenvalue weighted by Gasteiger charge is 2.16. The first kappa shape index (κ1) is 17.6. The predicted octanol–water partition coefficient (Wildman–Crippen LogP) is 1.45. The first-order chi connectivity index (χ1) is 11.6. The van der Waals surface area contributed by atoms with Crippen molar-refractivity contribution in [3.8, 4) is 0 Å². The van der Waals surface area contributed by atoms with Gasteiger partial charge in [0.15, 0.2) is 6.61 Å². The van der Waals surface area contributed by atoms with E-state index in [0.29, 0.717) is 13.2 Å². The molecule has 0 spiro atoms. The standard InChI is InChI=1S/C16H18N2O6/c19-15(17-10-13-5-3-9-23-13)11-24-16(20)8-7-12-4-1-2-6-14(12)18(21)22/h1-2,4,6-8,13H,3,5,9-11H2,(H,17,19)/b8-7+. The van der Waals surface area contributed by atoms with E-state index in [1.54, 1.807) is 6.07 Å². The van der Waals surface area contributed by atoms with E-state index in [4.69, 9.17) is 9.47 Å². The van der Waals surface area contributed by atoms with Gasteiger partial charge in [0, 0.05) is 25.3 Å². The third kappa shape index (κ3) is 5.47. The summed E-state index contributed by atoms with van der Waals surface area (Å²) in [6.45, 7) is 0.682. The molecule has 8 nitrogen and oxygen atoms in total. The smallest absolute Gasteiger partial charge is 0.331 e. The molecule has 1 fully saturated rings. The number of amides is 1. The van der Waals surface area contributed by atoms with Gasteiger partial charge in [-0.2, -0.15) is 0 Å². The molecular weight excluding hydrogens is 316 g/mol. The molecule has 128 valence electrons. The molecule has 1 saturated heterocycles. The molecule has 1 unspecified atom stereocenters. The van der Waals surface area contributed by atoms with Gasteiger partial charge in [0.25, 0.3) is 11.6 Å². The molecule has 0 radical (unpaired) electrons. The normalized spacial score (nSPS) is 16.9. The number of carbonyl (C=O) groups excluding carboxylic acids is 2. The molecular formula is C16H18N2O6. The Morgan fingerprint density at radius 1 is 1.42 bits per heavy atom. The summed E-state index contributed by atoms with van der Waals surface area (Å²) in [7, 11) is 0. The van der Waals surface area contributed by atoms with Crippen molar-refractivity contribution in [3.05, 3.63) is 46.0 Å². The van der Waals surface area contributed by atoms with Crippen LogP contribution in [0, 0.1) is 10.1 Å².